The Balaban J connectivity index is 1.83. The number of nitrogens with zero attached hydrogens (tertiary/aromatic N) is 2. The number of hydrogen-bond acceptors (Lipinski definition) is 6. The number of pyridine rings is 1. The molecule has 142 valence electrons. The van der Waals surface area contributed by atoms with Gasteiger partial charge in [-0.05, 0) is 33.6 Å². The molecule has 4 N–H and O–H groups in total. The average molecular weight is 361 g/mol. The molecule has 0 saturated carbocycles. The zero-order valence-corrected chi connectivity index (χ0v) is 15.8. The van der Waals surface area contributed by atoms with Crippen molar-refractivity contribution in [1.29, 1.82) is 0 Å². The van der Waals surface area contributed by atoms with Crippen LogP contribution in [-0.4, -0.2) is 47.9 Å². The van der Waals surface area contributed by atoms with Gasteiger partial charge in [-0.1, -0.05) is 0 Å². The number of nitrogens with one attached hydrogen (secondary N) is 2. The third kappa shape index (κ3) is 3.79. The number of hydrogen-bond donors (Lipinski definition) is 3. The van der Waals surface area contributed by atoms with Crippen molar-refractivity contribution in [3.8, 4) is 5.75 Å². The summed E-state index contributed by atoms with van der Waals surface area (Å²) >= 11 is 0. The molecule has 0 bridgehead atoms. The van der Waals surface area contributed by atoms with Crippen LogP contribution >= 0.6 is 0 Å². The van der Waals surface area contributed by atoms with Crippen molar-refractivity contribution >= 4 is 28.5 Å². The lowest BCUT2D eigenvalue weighted by atomic mass is 10.0. The summed E-state index contributed by atoms with van der Waals surface area (Å²) in [7, 11) is 1.62. The Morgan fingerprint density at radius 2 is 2.23 bits per heavy atom. The van der Waals surface area contributed by atoms with Gasteiger partial charge in [0.05, 0.1) is 30.1 Å². The van der Waals surface area contributed by atoms with Gasteiger partial charge in [0.1, 0.15) is 11.2 Å². The summed E-state index contributed by atoms with van der Waals surface area (Å²) in [6, 6.07) is -0.00770. The number of nitrogen functional groups attached to an aromatic ring is 1. The Hall–Kier alpha value is -2.64. The minimum absolute atomic E-state index is 0.00770. The van der Waals surface area contributed by atoms with E-state index in [1.165, 1.54) is 0 Å². The molecule has 1 unspecified atom stereocenters. The van der Waals surface area contributed by atoms with E-state index in [4.69, 9.17) is 15.2 Å². The smallest absolute Gasteiger partial charge is 0.407 e. The van der Waals surface area contributed by atoms with E-state index in [9.17, 15) is 4.79 Å². The number of fused-ring (bicyclic) bond motifs is 1. The Morgan fingerprint density at radius 3 is 2.92 bits per heavy atom. The van der Waals surface area contributed by atoms with Crippen molar-refractivity contribution in [1.82, 2.24) is 15.3 Å². The van der Waals surface area contributed by atoms with E-state index in [-0.39, 0.29) is 6.04 Å². The van der Waals surface area contributed by atoms with E-state index >= 15 is 0 Å². The van der Waals surface area contributed by atoms with E-state index in [1.807, 2.05) is 20.8 Å². The lowest BCUT2D eigenvalue weighted by molar-refractivity contribution is 0.0500. The summed E-state index contributed by atoms with van der Waals surface area (Å²) in [5, 5.41) is 3.82. The molecule has 8 heteroatoms. The molecule has 3 heterocycles. The van der Waals surface area contributed by atoms with Gasteiger partial charge in [-0.15, -0.1) is 0 Å². The first-order valence-corrected chi connectivity index (χ1v) is 8.82. The van der Waals surface area contributed by atoms with Crippen LogP contribution in [0.5, 0.6) is 5.75 Å². The highest BCUT2D eigenvalue weighted by atomic mass is 16.6. The highest BCUT2D eigenvalue weighted by Crippen LogP contribution is 2.39. The fourth-order valence-corrected chi connectivity index (χ4v) is 3.32. The largest absolute Gasteiger partial charge is 0.493 e. The summed E-state index contributed by atoms with van der Waals surface area (Å²) in [6.07, 6.45) is 4.88. The summed E-state index contributed by atoms with van der Waals surface area (Å²) in [6.45, 7) is 7.07. The number of anilines is 2. The molecule has 1 aliphatic heterocycles. The quantitative estimate of drug-likeness (QED) is 0.776. The lowest BCUT2D eigenvalue weighted by Crippen LogP contribution is -2.49. The zero-order chi connectivity index (χ0) is 18.9. The van der Waals surface area contributed by atoms with E-state index in [2.05, 4.69) is 20.2 Å². The van der Waals surface area contributed by atoms with Crippen LogP contribution in [0.2, 0.25) is 0 Å². The van der Waals surface area contributed by atoms with Crippen LogP contribution in [0.25, 0.3) is 11.0 Å². The van der Waals surface area contributed by atoms with Crippen molar-refractivity contribution < 1.29 is 14.3 Å². The number of ether oxygens (including phenoxy) is 2. The second kappa shape index (κ2) is 6.93. The molecule has 0 radical (unpaired) electrons. The third-order valence-corrected chi connectivity index (χ3v) is 4.35. The van der Waals surface area contributed by atoms with Crippen LogP contribution in [0.15, 0.2) is 12.4 Å². The molecule has 1 saturated heterocycles. The molecule has 0 spiro atoms. The van der Waals surface area contributed by atoms with Crippen molar-refractivity contribution in [3.63, 3.8) is 0 Å². The van der Waals surface area contributed by atoms with Crippen LogP contribution in [0.3, 0.4) is 0 Å². The first-order chi connectivity index (χ1) is 12.3. The topological polar surface area (TPSA) is 105 Å². The second-order valence-corrected chi connectivity index (χ2v) is 7.57. The molecular weight excluding hydrogens is 334 g/mol. The minimum atomic E-state index is -0.515. The molecule has 1 atom stereocenters. The Bertz CT molecular complexity index is 796. The maximum absolute atomic E-state index is 12.1. The summed E-state index contributed by atoms with van der Waals surface area (Å²) in [5.41, 5.74) is 7.89. The number of H-pyrrole nitrogens is 1. The van der Waals surface area contributed by atoms with Crippen LogP contribution in [-0.2, 0) is 4.74 Å². The van der Waals surface area contributed by atoms with Gasteiger partial charge in [0.15, 0.2) is 5.75 Å². The first-order valence-electron chi connectivity index (χ1n) is 8.82. The number of carbonyl (C=O) groups excluding carboxylic acids is 1. The lowest BCUT2D eigenvalue weighted by Gasteiger charge is -2.36. The number of piperidine rings is 1. The van der Waals surface area contributed by atoms with Crippen molar-refractivity contribution in [3.05, 3.63) is 12.4 Å². The van der Waals surface area contributed by atoms with Crippen molar-refractivity contribution in [2.24, 2.45) is 0 Å². The maximum Gasteiger partial charge on any atom is 0.407 e. The SMILES string of the molecule is COc1cnc2[nH]cc(N)c2c1N1CCCC(NC(=O)OC(C)(C)C)C1. The monoisotopic (exact) mass is 361 g/mol. The van der Waals surface area contributed by atoms with Crippen LogP contribution in [0.1, 0.15) is 33.6 Å². The third-order valence-electron chi connectivity index (χ3n) is 4.35. The number of alkyl carbamates (subject to hydrolysis) is 1. The molecule has 26 heavy (non-hydrogen) atoms. The maximum atomic E-state index is 12.1. The van der Waals surface area contributed by atoms with Crippen LogP contribution in [0, 0.1) is 0 Å². The van der Waals surface area contributed by atoms with Crippen LogP contribution < -0.4 is 20.7 Å². The Labute approximate surface area is 153 Å². The van der Waals surface area contributed by atoms with Gasteiger partial charge in [-0.2, -0.15) is 0 Å². The van der Waals surface area contributed by atoms with Gasteiger partial charge >= 0.3 is 6.09 Å². The van der Waals surface area contributed by atoms with Gasteiger partial charge in [-0.25, -0.2) is 9.78 Å². The molecule has 3 rings (SSSR count). The van der Waals surface area contributed by atoms with Gasteiger partial charge in [0.25, 0.3) is 0 Å². The number of nitrogens with two attached hydrogens (primary N) is 1. The summed E-state index contributed by atoms with van der Waals surface area (Å²) in [4.78, 5) is 21.7. The molecule has 0 aromatic carbocycles. The molecule has 1 amide bonds. The van der Waals surface area contributed by atoms with Gasteiger partial charge in [0.2, 0.25) is 0 Å². The molecule has 8 nitrogen and oxygen atoms in total. The fraction of sp³-hybridized carbons (Fsp3) is 0.556. The number of amides is 1. The Morgan fingerprint density at radius 1 is 1.46 bits per heavy atom. The molecule has 0 aliphatic carbocycles. The number of methoxy groups -OCH3 is 1. The average Bonchev–Trinajstić information content (AvgIpc) is 2.93. The normalized spacial score (nSPS) is 18.0. The van der Waals surface area contributed by atoms with E-state index < -0.39 is 11.7 Å². The molecule has 2 aromatic rings. The van der Waals surface area contributed by atoms with Gasteiger partial charge in [-0.3, -0.25) is 0 Å². The highest BCUT2D eigenvalue weighted by Gasteiger charge is 2.27. The predicted octanol–water partition coefficient (Wildman–Crippen LogP) is 2.65. The Kier molecular flexibility index (Phi) is 4.84. The second-order valence-electron chi connectivity index (χ2n) is 7.57. The number of aromatic nitrogens is 2. The standard InChI is InChI=1S/C18H27N5O3/c1-18(2,3)26-17(24)22-11-6-5-7-23(10-11)15-13(25-4)9-21-16-14(15)12(19)8-20-16/h8-9,11H,5-7,10,19H2,1-4H3,(H,20,21)(H,22,24). The fourth-order valence-electron chi connectivity index (χ4n) is 3.32. The first kappa shape index (κ1) is 18.2. The highest BCUT2D eigenvalue weighted by molar-refractivity contribution is 6.02. The van der Waals surface area contributed by atoms with Crippen LogP contribution in [0.4, 0.5) is 16.2 Å². The summed E-state index contributed by atoms with van der Waals surface area (Å²) in [5.74, 6) is 0.668. The van der Waals surface area contributed by atoms with Crippen molar-refractivity contribution in [2.75, 3.05) is 30.8 Å². The van der Waals surface area contributed by atoms with E-state index in [0.29, 0.717) is 18.0 Å². The van der Waals surface area contributed by atoms with E-state index in [1.54, 1.807) is 19.5 Å². The molecular formula is C18H27N5O3. The molecule has 1 aliphatic rings. The minimum Gasteiger partial charge on any atom is -0.493 e. The van der Waals surface area contributed by atoms with Gasteiger partial charge < -0.3 is 30.4 Å². The summed E-state index contributed by atoms with van der Waals surface area (Å²) < 4.78 is 10.9. The predicted molar refractivity (Wildman–Crippen MR) is 102 cm³/mol. The number of aromatic amines is 1. The number of carbonyl (C=O) groups is 1. The van der Waals surface area contributed by atoms with Gasteiger partial charge in [0, 0.05) is 25.3 Å². The number of rotatable bonds is 3. The molecule has 2 aromatic heterocycles. The van der Waals surface area contributed by atoms with E-state index in [0.717, 1.165) is 36.1 Å². The van der Waals surface area contributed by atoms with Crippen molar-refractivity contribution in [2.45, 2.75) is 45.3 Å². The molecule has 1 fully saturated rings. The zero-order valence-electron chi connectivity index (χ0n) is 15.8.